The second kappa shape index (κ2) is 7.27. The lowest BCUT2D eigenvalue weighted by atomic mass is 10.1. The summed E-state index contributed by atoms with van der Waals surface area (Å²) < 4.78 is 10.6. The van der Waals surface area contributed by atoms with Gasteiger partial charge in [-0.05, 0) is 43.0 Å². The molecular weight excluding hydrogens is 326 g/mol. The molecule has 0 aliphatic rings. The number of anilines is 1. The van der Waals surface area contributed by atoms with Crippen molar-refractivity contribution < 1.29 is 14.1 Å². The highest BCUT2D eigenvalue weighted by Gasteiger charge is 2.15. The van der Waals surface area contributed by atoms with Gasteiger partial charge in [0, 0.05) is 0 Å². The van der Waals surface area contributed by atoms with Crippen LogP contribution in [0.3, 0.4) is 0 Å². The van der Waals surface area contributed by atoms with E-state index in [1.54, 1.807) is 6.92 Å². The van der Waals surface area contributed by atoms with Crippen LogP contribution >= 0.6 is 11.3 Å². The molecule has 0 spiro atoms. The molecule has 0 aliphatic heterocycles. The fourth-order valence-corrected chi connectivity index (χ4v) is 2.98. The number of nitrogens with zero attached hydrogens (tertiary/aromatic N) is 2. The van der Waals surface area contributed by atoms with Crippen LogP contribution in [0.1, 0.15) is 18.3 Å². The molecule has 3 rings (SSSR count). The van der Waals surface area contributed by atoms with Crippen molar-refractivity contribution in [2.75, 3.05) is 11.9 Å². The quantitative estimate of drug-likeness (QED) is 0.738. The lowest BCUT2D eigenvalue weighted by Crippen LogP contribution is -2.14. The topological polar surface area (TPSA) is 77.2 Å². The zero-order valence-electron chi connectivity index (χ0n) is 13.4. The summed E-state index contributed by atoms with van der Waals surface area (Å²) in [5, 5.41) is 8.56. The molecule has 24 heavy (non-hydrogen) atoms. The molecule has 1 aromatic carbocycles. The Bertz CT molecular complexity index is 824. The van der Waals surface area contributed by atoms with Crippen LogP contribution in [0.4, 0.5) is 5.69 Å². The first-order valence-corrected chi connectivity index (χ1v) is 8.43. The highest BCUT2D eigenvalue weighted by Crippen LogP contribution is 2.32. The third-order valence-corrected chi connectivity index (χ3v) is 4.16. The maximum absolute atomic E-state index is 12.3. The normalized spacial score (nSPS) is 10.6. The monoisotopic (exact) mass is 343 g/mol. The van der Waals surface area contributed by atoms with E-state index < -0.39 is 0 Å². The predicted octanol–water partition coefficient (Wildman–Crippen LogP) is 3.69. The van der Waals surface area contributed by atoms with Gasteiger partial charge < -0.3 is 14.6 Å². The molecule has 3 aromatic rings. The third kappa shape index (κ3) is 3.80. The van der Waals surface area contributed by atoms with E-state index in [2.05, 4.69) is 15.5 Å². The fraction of sp³-hybridized carbons (Fsp3) is 0.235. The summed E-state index contributed by atoms with van der Waals surface area (Å²) in [7, 11) is 0. The molecule has 6 nitrogen and oxygen atoms in total. The number of aromatic nitrogens is 2. The summed E-state index contributed by atoms with van der Waals surface area (Å²) in [6.45, 7) is 4.31. The number of amides is 1. The summed E-state index contributed by atoms with van der Waals surface area (Å²) in [5.41, 5.74) is 1.60. The Morgan fingerprint density at radius 3 is 2.75 bits per heavy atom. The standard InChI is InChI=1S/C17H17N3O3S/c1-3-22-13-6-4-12(5-7-13)10-15(21)19-14-8-9-24-16(14)17-18-11(2)20-23-17/h4-9H,3,10H2,1-2H3,(H,19,21). The van der Waals surface area contributed by atoms with Gasteiger partial charge in [0.2, 0.25) is 5.91 Å². The Hall–Kier alpha value is -2.67. The van der Waals surface area contributed by atoms with Crippen LogP contribution in [-0.2, 0) is 11.2 Å². The molecule has 0 atom stereocenters. The van der Waals surface area contributed by atoms with Gasteiger partial charge in [-0.1, -0.05) is 17.3 Å². The first kappa shape index (κ1) is 16.2. The van der Waals surface area contributed by atoms with Crippen LogP contribution < -0.4 is 10.1 Å². The van der Waals surface area contributed by atoms with Gasteiger partial charge in [-0.2, -0.15) is 4.98 Å². The number of ether oxygens (including phenoxy) is 1. The average Bonchev–Trinajstić information content (AvgIpc) is 3.18. The molecule has 7 heteroatoms. The number of hydrogen-bond donors (Lipinski definition) is 1. The minimum Gasteiger partial charge on any atom is -0.494 e. The van der Waals surface area contributed by atoms with Gasteiger partial charge in [-0.3, -0.25) is 4.79 Å². The number of aryl methyl sites for hydroxylation is 1. The smallest absolute Gasteiger partial charge is 0.270 e. The SMILES string of the molecule is CCOc1ccc(CC(=O)Nc2ccsc2-c2nc(C)no2)cc1. The predicted molar refractivity (Wildman–Crippen MR) is 92.3 cm³/mol. The van der Waals surface area contributed by atoms with Gasteiger partial charge in [0.1, 0.15) is 10.6 Å². The number of thiophene rings is 1. The number of carbonyl (C=O) groups excluding carboxylic acids is 1. The van der Waals surface area contributed by atoms with E-state index in [1.807, 2.05) is 42.6 Å². The van der Waals surface area contributed by atoms with Crippen molar-refractivity contribution in [2.24, 2.45) is 0 Å². The largest absolute Gasteiger partial charge is 0.494 e. The van der Waals surface area contributed by atoms with Gasteiger partial charge in [-0.15, -0.1) is 11.3 Å². The Kier molecular flexibility index (Phi) is 4.90. The molecule has 0 bridgehead atoms. The van der Waals surface area contributed by atoms with E-state index in [0.29, 0.717) is 24.0 Å². The number of carbonyl (C=O) groups is 1. The van der Waals surface area contributed by atoms with Crippen molar-refractivity contribution in [3.05, 3.63) is 47.1 Å². The van der Waals surface area contributed by atoms with Gasteiger partial charge in [0.05, 0.1) is 18.7 Å². The first-order valence-electron chi connectivity index (χ1n) is 7.55. The molecule has 0 unspecified atom stereocenters. The van der Waals surface area contributed by atoms with Crippen molar-refractivity contribution in [3.63, 3.8) is 0 Å². The first-order chi connectivity index (χ1) is 11.7. The highest BCUT2D eigenvalue weighted by atomic mass is 32.1. The number of hydrogen-bond acceptors (Lipinski definition) is 6. The number of benzene rings is 1. The minimum absolute atomic E-state index is 0.102. The molecule has 124 valence electrons. The van der Waals surface area contributed by atoms with Crippen LogP contribution in [0.25, 0.3) is 10.8 Å². The summed E-state index contributed by atoms with van der Waals surface area (Å²) in [6.07, 6.45) is 0.282. The summed E-state index contributed by atoms with van der Waals surface area (Å²) in [5.74, 6) is 1.67. The second-order valence-corrected chi connectivity index (χ2v) is 6.03. The molecule has 2 heterocycles. The van der Waals surface area contributed by atoms with Crippen LogP contribution in [-0.4, -0.2) is 22.7 Å². The van der Waals surface area contributed by atoms with Crippen LogP contribution in [0.2, 0.25) is 0 Å². The zero-order chi connectivity index (χ0) is 16.9. The molecule has 0 saturated heterocycles. The average molecular weight is 343 g/mol. The summed E-state index contributed by atoms with van der Waals surface area (Å²) >= 11 is 1.44. The number of nitrogens with one attached hydrogen (secondary N) is 1. The van der Waals surface area contributed by atoms with Crippen LogP contribution in [0.5, 0.6) is 5.75 Å². The molecule has 0 fully saturated rings. The van der Waals surface area contributed by atoms with Gasteiger partial charge >= 0.3 is 0 Å². The lowest BCUT2D eigenvalue weighted by Gasteiger charge is -2.06. The van der Waals surface area contributed by atoms with Crippen LogP contribution in [0.15, 0.2) is 40.2 Å². The van der Waals surface area contributed by atoms with Crippen LogP contribution in [0, 0.1) is 6.92 Å². The Balaban J connectivity index is 1.66. The lowest BCUT2D eigenvalue weighted by molar-refractivity contribution is -0.115. The Morgan fingerprint density at radius 2 is 2.08 bits per heavy atom. The van der Waals surface area contributed by atoms with E-state index in [1.165, 1.54) is 11.3 Å². The van der Waals surface area contributed by atoms with Crippen molar-refractivity contribution in [3.8, 4) is 16.5 Å². The van der Waals surface area contributed by atoms with E-state index in [-0.39, 0.29) is 12.3 Å². The zero-order valence-corrected chi connectivity index (χ0v) is 14.2. The molecule has 0 saturated carbocycles. The van der Waals surface area contributed by atoms with E-state index in [0.717, 1.165) is 16.2 Å². The number of rotatable bonds is 6. The molecule has 0 radical (unpaired) electrons. The van der Waals surface area contributed by atoms with Gasteiger partial charge in [-0.25, -0.2) is 0 Å². The van der Waals surface area contributed by atoms with Crippen molar-refractivity contribution >= 4 is 22.9 Å². The minimum atomic E-state index is -0.102. The van der Waals surface area contributed by atoms with Crippen molar-refractivity contribution in [2.45, 2.75) is 20.3 Å². The summed E-state index contributed by atoms with van der Waals surface area (Å²) in [4.78, 5) is 17.2. The molecule has 1 amide bonds. The maximum atomic E-state index is 12.3. The Labute approximate surface area is 143 Å². The van der Waals surface area contributed by atoms with Gasteiger partial charge in [0.15, 0.2) is 5.82 Å². The summed E-state index contributed by atoms with van der Waals surface area (Å²) in [6, 6.07) is 9.34. The second-order valence-electron chi connectivity index (χ2n) is 5.11. The molecule has 0 aliphatic carbocycles. The fourth-order valence-electron chi connectivity index (χ4n) is 2.21. The molecule has 1 N–H and O–H groups in total. The third-order valence-electron chi connectivity index (χ3n) is 3.26. The Morgan fingerprint density at radius 1 is 1.29 bits per heavy atom. The molecule has 2 aromatic heterocycles. The van der Waals surface area contributed by atoms with E-state index in [4.69, 9.17) is 9.26 Å². The maximum Gasteiger partial charge on any atom is 0.270 e. The highest BCUT2D eigenvalue weighted by molar-refractivity contribution is 7.14. The van der Waals surface area contributed by atoms with Gasteiger partial charge in [0.25, 0.3) is 5.89 Å². The van der Waals surface area contributed by atoms with Crippen molar-refractivity contribution in [1.29, 1.82) is 0 Å². The molecular formula is C17H17N3O3S. The van der Waals surface area contributed by atoms with E-state index >= 15 is 0 Å². The van der Waals surface area contributed by atoms with E-state index in [9.17, 15) is 4.79 Å². The van der Waals surface area contributed by atoms with Crippen molar-refractivity contribution in [1.82, 2.24) is 10.1 Å².